The van der Waals surface area contributed by atoms with Crippen molar-refractivity contribution in [2.75, 3.05) is 13.2 Å². The number of rotatable bonds is 4. The second-order valence-corrected chi connectivity index (χ2v) is 4.84. The number of benzene rings is 2. The first-order valence-electron chi connectivity index (χ1n) is 6.80. The lowest BCUT2D eigenvalue weighted by molar-refractivity contribution is -0.137. The van der Waals surface area contributed by atoms with Crippen molar-refractivity contribution >= 4 is 28.6 Å². The molecule has 1 aliphatic heterocycles. The van der Waals surface area contributed by atoms with Crippen LogP contribution in [-0.4, -0.2) is 35.8 Å². The van der Waals surface area contributed by atoms with Crippen molar-refractivity contribution in [2.24, 2.45) is 0 Å². The minimum Gasteiger partial charge on any atom is -0.461 e. The molecule has 0 unspecified atom stereocenters. The Bertz CT molecular complexity index is 759. The molecule has 0 N–H and O–H groups in total. The lowest BCUT2D eigenvalue weighted by Crippen LogP contribution is -2.42. The Hall–Kier alpha value is -2.95. The van der Waals surface area contributed by atoms with Gasteiger partial charge >= 0.3 is 5.97 Å². The summed E-state index contributed by atoms with van der Waals surface area (Å²) in [5.41, 5.74) is 0.977. The molecule has 0 saturated carbocycles. The molecule has 1 heterocycles. The predicted octanol–water partition coefficient (Wildman–Crippen LogP) is 2.17. The van der Waals surface area contributed by atoms with Gasteiger partial charge in [0.2, 0.25) is 0 Å². The Labute approximate surface area is 126 Å². The fourth-order valence-electron chi connectivity index (χ4n) is 2.58. The zero-order chi connectivity index (χ0) is 15.7. The molecule has 0 aromatic heterocycles. The van der Waals surface area contributed by atoms with Gasteiger partial charge in [-0.2, -0.15) is 0 Å². The largest absolute Gasteiger partial charge is 0.461 e. The molecule has 0 aliphatic carbocycles. The number of esters is 1. The molecule has 2 amide bonds. The summed E-state index contributed by atoms with van der Waals surface area (Å²) >= 11 is 0. The van der Waals surface area contributed by atoms with E-state index in [-0.39, 0.29) is 25.0 Å². The summed E-state index contributed by atoms with van der Waals surface area (Å²) in [6.45, 7) is 3.25. The van der Waals surface area contributed by atoms with Crippen molar-refractivity contribution in [3.05, 3.63) is 60.2 Å². The molecule has 0 saturated heterocycles. The fraction of sp³-hybridized carbons (Fsp3) is 0.118. The second-order valence-electron chi connectivity index (χ2n) is 4.84. The summed E-state index contributed by atoms with van der Waals surface area (Å²) in [7, 11) is 0. The summed E-state index contributed by atoms with van der Waals surface area (Å²) in [5, 5.41) is 1.54. The first-order valence-corrected chi connectivity index (χ1v) is 6.80. The lowest BCUT2D eigenvalue weighted by atomic mass is 9.94. The van der Waals surface area contributed by atoms with Crippen molar-refractivity contribution < 1.29 is 19.1 Å². The number of hydrogen-bond donors (Lipinski definition) is 0. The van der Waals surface area contributed by atoms with Crippen LogP contribution in [0.15, 0.2) is 49.1 Å². The molecule has 0 fully saturated rings. The van der Waals surface area contributed by atoms with Gasteiger partial charge in [-0.25, -0.2) is 4.79 Å². The topological polar surface area (TPSA) is 63.7 Å². The maximum atomic E-state index is 12.5. The third-order valence-electron chi connectivity index (χ3n) is 3.58. The normalized spacial score (nSPS) is 13.4. The SMILES string of the molecule is C=CC(=O)OCCN1C(=O)c2cccc3cccc(c23)C1=O. The van der Waals surface area contributed by atoms with Gasteiger partial charge in [-0.1, -0.05) is 30.8 Å². The molecule has 0 spiro atoms. The Balaban J connectivity index is 1.94. The second kappa shape index (κ2) is 5.44. The predicted molar refractivity (Wildman–Crippen MR) is 80.5 cm³/mol. The number of ether oxygens (including phenoxy) is 1. The highest BCUT2D eigenvalue weighted by Crippen LogP contribution is 2.29. The Morgan fingerprint density at radius 3 is 2.23 bits per heavy atom. The summed E-state index contributed by atoms with van der Waals surface area (Å²) in [6, 6.07) is 10.7. The minimum absolute atomic E-state index is 0.0158. The summed E-state index contributed by atoms with van der Waals surface area (Å²) < 4.78 is 4.85. The van der Waals surface area contributed by atoms with Crippen LogP contribution in [0, 0.1) is 0 Å². The molecule has 0 bridgehead atoms. The first-order chi connectivity index (χ1) is 10.6. The maximum absolute atomic E-state index is 12.5. The van der Waals surface area contributed by atoms with Crippen LogP contribution in [0.3, 0.4) is 0 Å². The number of carbonyl (C=O) groups excluding carboxylic acids is 3. The van der Waals surface area contributed by atoms with E-state index in [1.165, 1.54) is 0 Å². The van der Waals surface area contributed by atoms with Gasteiger partial charge < -0.3 is 4.74 Å². The average Bonchev–Trinajstić information content (AvgIpc) is 2.55. The average molecular weight is 295 g/mol. The molecular weight excluding hydrogens is 282 g/mol. The van der Waals surface area contributed by atoms with Gasteiger partial charge in [0.05, 0.1) is 6.54 Å². The van der Waals surface area contributed by atoms with E-state index >= 15 is 0 Å². The molecule has 0 radical (unpaired) electrons. The molecule has 3 rings (SSSR count). The van der Waals surface area contributed by atoms with Crippen molar-refractivity contribution in [1.29, 1.82) is 0 Å². The highest BCUT2D eigenvalue weighted by atomic mass is 16.5. The van der Waals surface area contributed by atoms with Crippen LogP contribution in [0.4, 0.5) is 0 Å². The van der Waals surface area contributed by atoms with Crippen LogP contribution in [0.2, 0.25) is 0 Å². The minimum atomic E-state index is -0.584. The van der Waals surface area contributed by atoms with Gasteiger partial charge in [-0.05, 0) is 17.5 Å². The van der Waals surface area contributed by atoms with Gasteiger partial charge in [0.25, 0.3) is 11.8 Å². The standard InChI is InChI=1S/C17H13NO4/c1-2-14(19)22-10-9-18-16(20)12-7-3-5-11-6-4-8-13(15(11)12)17(18)21/h2-8H,1,9-10H2. The smallest absolute Gasteiger partial charge is 0.330 e. The van der Waals surface area contributed by atoms with Gasteiger partial charge in [-0.15, -0.1) is 0 Å². The molecule has 110 valence electrons. The van der Waals surface area contributed by atoms with Gasteiger partial charge in [0.15, 0.2) is 0 Å². The van der Waals surface area contributed by atoms with Crippen molar-refractivity contribution in [2.45, 2.75) is 0 Å². The number of imide groups is 1. The van der Waals surface area contributed by atoms with Crippen LogP contribution in [0.5, 0.6) is 0 Å². The third kappa shape index (κ3) is 2.16. The van der Waals surface area contributed by atoms with E-state index in [1.807, 2.05) is 12.1 Å². The molecule has 5 nitrogen and oxygen atoms in total. The van der Waals surface area contributed by atoms with Crippen molar-refractivity contribution in [3.63, 3.8) is 0 Å². The fourth-order valence-corrected chi connectivity index (χ4v) is 2.58. The Kier molecular flexibility index (Phi) is 3.47. The molecular formula is C17H13NO4. The number of amides is 2. The monoisotopic (exact) mass is 295 g/mol. The summed E-state index contributed by atoms with van der Waals surface area (Å²) in [5.74, 6) is -1.33. The van der Waals surface area contributed by atoms with Crippen molar-refractivity contribution in [1.82, 2.24) is 4.90 Å². The third-order valence-corrected chi connectivity index (χ3v) is 3.58. The van der Waals surface area contributed by atoms with Gasteiger partial charge in [0, 0.05) is 22.6 Å². The van der Waals surface area contributed by atoms with Crippen LogP contribution in [0.1, 0.15) is 20.7 Å². The zero-order valence-electron chi connectivity index (χ0n) is 11.7. The molecule has 1 aliphatic rings. The maximum Gasteiger partial charge on any atom is 0.330 e. The number of carbonyl (C=O) groups is 3. The first kappa shape index (κ1) is 14.0. The van der Waals surface area contributed by atoms with Gasteiger partial charge in [-0.3, -0.25) is 14.5 Å². The van der Waals surface area contributed by atoms with E-state index in [0.29, 0.717) is 16.5 Å². The van der Waals surface area contributed by atoms with E-state index in [2.05, 4.69) is 6.58 Å². The van der Waals surface area contributed by atoms with E-state index in [9.17, 15) is 14.4 Å². The van der Waals surface area contributed by atoms with E-state index in [4.69, 9.17) is 4.74 Å². The number of hydrogen-bond acceptors (Lipinski definition) is 4. The summed E-state index contributed by atoms with van der Waals surface area (Å²) in [6.07, 6.45) is 1.04. The van der Waals surface area contributed by atoms with E-state index in [0.717, 1.165) is 16.4 Å². The quantitative estimate of drug-likeness (QED) is 0.492. The van der Waals surface area contributed by atoms with Crippen molar-refractivity contribution in [3.8, 4) is 0 Å². The molecule has 2 aromatic carbocycles. The van der Waals surface area contributed by atoms with E-state index < -0.39 is 5.97 Å². The summed E-state index contributed by atoms with van der Waals surface area (Å²) in [4.78, 5) is 37.2. The highest BCUT2D eigenvalue weighted by molar-refractivity contribution is 6.25. The molecule has 2 aromatic rings. The van der Waals surface area contributed by atoms with Crippen LogP contribution < -0.4 is 0 Å². The molecule has 0 atom stereocenters. The Morgan fingerprint density at radius 1 is 1.09 bits per heavy atom. The zero-order valence-corrected chi connectivity index (χ0v) is 11.7. The lowest BCUT2D eigenvalue weighted by Gasteiger charge is -2.26. The van der Waals surface area contributed by atoms with E-state index in [1.54, 1.807) is 24.3 Å². The van der Waals surface area contributed by atoms with Gasteiger partial charge in [0.1, 0.15) is 6.61 Å². The van der Waals surface area contributed by atoms with Crippen LogP contribution in [-0.2, 0) is 9.53 Å². The van der Waals surface area contributed by atoms with Crippen LogP contribution in [0.25, 0.3) is 10.8 Å². The number of nitrogens with zero attached hydrogens (tertiary/aromatic N) is 1. The molecule has 22 heavy (non-hydrogen) atoms. The molecule has 5 heteroatoms. The Morgan fingerprint density at radius 2 is 1.68 bits per heavy atom. The van der Waals surface area contributed by atoms with Crippen LogP contribution >= 0.6 is 0 Å². The highest BCUT2D eigenvalue weighted by Gasteiger charge is 2.32.